The van der Waals surface area contributed by atoms with Crippen LogP contribution in [0.1, 0.15) is 44.1 Å². The fourth-order valence-corrected chi connectivity index (χ4v) is 4.11. The molecule has 0 radical (unpaired) electrons. The van der Waals surface area contributed by atoms with Crippen molar-refractivity contribution < 1.29 is 4.74 Å². The molecule has 1 aliphatic heterocycles. The van der Waals surface area contributed by atoms with E-state index in [0.29, 0.717) is 5.92 Å². The lowest BCUT2D eigenvalue weighted by Gasteiger charge is -2.40. The minimum Gasteiger partial charge on any atom is -0.375 e. The van der Waals surface area contributed by atoms with Gasteiger partial charge in [0.25, 0.3) is 0 Å². The molecular formula is C17H24ClNO. The minimum atomic E-state index is 0.162. The van der Waals surface area contributed by atoms with Gasteiger partial charge in [0.05, 0.1) is 5.60 Å². The van der Waals surface area contributed by atoms with Gasteiger partial charge in [0, 0.05) is 17.7 Å². The Hall–Kier alpha value is -0.570. The summed E-state index contributed by atoms with van der Waals surface area (Å²) in [6.07, 6.45) is 8.26. The van der Waals surface area contributed by atoms with Crippen LogP contribution in [0.25, 0.3) is 0 Å². The van der Waals surface area contributed by atoms with E-state index in [-0.39, 0.29) is 11.6 Å². The van der Waals surface area contributed by atoms with E-state index < -0.39 is 0 Å². The van der Waals surface area contributed by atoms with Crippen LogP contribution in [0.2, 0.25) is 5.02 Å². The van der Waals surface area contributed by atoms with Gasteiger partial charge in [-0.15, -0.1) is 0 Å². The zero-order valence-electron chi connectivity index (χ0n) is 12.0. The second-order valence-electron chi connectivity index (χ2n) is 6.49. The molecule has 0 aromatic heterocycles. The lowest BCUT2D eigenvalue weighted by molar-refractivity contribution is -0.0960. The quantitative estimate of drug-likeness (QED) is 0.916. The van der Waals surface area contributed by atoms with Crippen molar-refractivity contribution in [3.05, 3.63) is 34.9 Å². The molecule has 20 heavy (non-hydrogen) atoms. The van der Waals surface area contributed by atoms with Crippen LogP contribution in [-0.4, -0.2) is 18.2 Å². The summed E-state index contributed by atoms with van der Waals surface area (Å²) < 4.78 is 6.10. The van der Waals surface area contributed by atoms with Crippen LogP contribution in [0.15, 0.2) is 24.3 Å². The summed E-state index contributed by atoms with van der Waals surface area (Å²) in [4.78, 5) is 0. The highest BCUT2D eigenvalue weighted by Crippen LogP contribution is 2.42. The van der Waals surface area contributed by atoms with E-state index in [9.17, 15) is 0 Å². The number of nitrogens with two attached hydrogens (primary N) is 1. The van der Waals surface area contributed by atoms with Gasteiger partial charge in [-0.1, -0.05) is 36.6 Å². The van der Waals surface area contributed by atoms with E-state index in [1.807, 2.05) is 18.2 Å². The standard InChI is InChI=1S/C17H24ClNO/c18-15-5-3-4-13(10-15)11-16(19)14-6-9-20-17(12-14)7-1-2-8-17/h3-5,10,14,16H,1-2,6-9,11-12,19H2. The second-order valence-corrected chi connectivity index (χ2v) is 6.93. The first-order valence-electron chi connectivity index (χ1n) is 7.81. The molecule has 2 aliphatic rings. The first-order chi connectivity index (χ1) is 9.67. The topological polar surface area (TPSA) is 35.2 Å². The molecule has 2 nitrogen and oxygen atoms in total. The average Bonchev–Trinajstić information content (AvgIpc) is 2.87. The largest absolute Gasteiger partial charge is 0.375 e. The van der Waals surface area contributed by atoms with E-state index in [0.717, 1.165) is 30.9 Å². The van der Waals surface area contributed by atoms with Crippen LogP contribution in [0.4, 0.5) is 0 Å². The monoisotopic (exact) mass is 293 g/mol. The fraction of sp³-hybridized carbons (Fsp3) is 0.647. The maximum Gasteiger partial charge on any atom is 0.0685 e. The molecule has 1 heterocycles. The third kappa shape index (κ3) is 3.19. The summed E-state index contributed by atoms with van der Waals surface area (Å²) >= 11 is 6.05. The smallest absolute Gasteiger partial charge is 0.0685 e. The minimum absolute atomic E-state index is 0.162. The first-order valence-corrected chi connectivity index (χ1v) is 8.19. The second kappa shape index (κ2) is 6.05. The van der Waals surface area contributed by atoms with Gasteiger partial charge in [-0.05, 0) is 55.7 Å². The molecule has 1 aromatic rings. The molecular weight excluding hydrogens is 270 g/mol. The van der Waals surface area contributed by atoms with Gasteiger partial charge in [-0.25, -0.2) is 0 Å². The number of hydrogen-bond acceptors (Lipinski definition) is 2. The van der Waals surface area contributed by atoms with Crippen LogP contribution >= 0.6 is 11.6 Å². The SMILES string of the molecule is NC(Cc1cccc(Cl)c1)C1CCOC2(CCCC2)C1. The molecule has 2 unspecified atom stereocenters. The van der Waals surface area contributed by atoms with Gasteiger partial charge in [0.2, 0.25) is 0 Å². The van der Waals surface area contributed by atoms with E-state index in [1.165, 1.54) is 31.2 Å². The third-order valence-electron chi connectivity index (χ3n) is 5.01. The highest BCUT2D eigenvalue weighted by atomic mass is 35.5. The lowest BCUT2D eigenvalue weighted by Crippen LogP contribution is -2.44. The van der Waals surface area contributed by atoms with Gasteiger partial charge in [-0.3, -0.25) is 0 Å². The molecule has 3 heteroatoms. The van der Waals surface area contributed by atoms with E-state index in [4.69, 9.17) is 22.1 Å². The van der Waals surface area contributed by atoms with Gasteiger partial charge in [-0.2, -0.15) is 0 Å². The van der Waals surface area contributed by atoms with Crippen molar-refractivity contribution in [2.24, 2.45) is 11.7 Å². The van der Waals surface area contributed by atoms with Crippen LogP contribution in [-0.2, 0) is 11.2 Å². The molecule has 1 spiro atoms. The van der Waals surface area contributed by atoms with Crippen molar-refractivity contribution in [2.75, 3.05) is 6.61 Å². The van der Waals surface area contributed by atoms with Crippen molar-refractivity contribution >= 4 is 11.6 Å². The Kier molecular flexibility index (Phi) is 4.34. The van der Waals surface area contributed by atoms with Crippen LogP contribution in [0.3, 0.4) is 0 Å². The predicted octanol–water partition coefficient (Wildman–Crippen LogP) is 3.95. The molecule has 1 saturated heterocycles. The van der Waals surface area contributed by atoms with Crippen LogP contribution in [0.5, 0.6) is 0 Å². The molecule has 110 valence electrons. The summed E-state index contributed by atoms with van der Waals surface area (Å²) in [5.74, 6) is 0.584. The summed E-state index contributed by atoms with van der Waals surface area (Å²) in [7, 11) is 0. The summed E-state index contributed by atoms with van der Waals surface area (Å²) in [5.41, 5.74) is 7.89. The summed E-state index contributed by atoms with van der Waals surface area (Å²) in [5, 5.41) is 0.800. The summed E-state index contributed by atoms with van der Waals surface area (Å²) in [6.45, 7) is 0.883. The zero-order valence-corrected chi connectivity index (χ0v) is 12.7. The van der Waals surface area contributed by atoms with Gasteiger partial charge >= 0.3 is 0 Å². The first kappa shape index (κ1) is 14.4. The van der Waals surface area contributed by atoms with Crippen molar-refractivity contribution in [1.82, 2.24) is 0 Å². The molecule has 0 bridgehead atoms. The predicted molar refractivity (Wildman–Crippen MR) is 83.0 cm³/mol. The fourth-order valence-electron chi connectivity index (χ4n) is 3.90. The van der Waals surface area contributed by atoms with E-state index >= 15 is 0 Å². The number of ether oxygens (including phenoxy) is 1. The van der Waals surface area contributed by atoms with E-state index in [1.54, 1.807) is 0 Å². The van der Waals surface area contributed by atoms with E-state index in [2.05, 4.69) is 6.07 Å². The molecule has 1 aliphatic carbocycles. The molecule has 2 atom stereocenters. The van der Waals surface area contributed by atoms with Crippen LogP contribution in [0, 0.1) is 5.92 Å². The maximum absolute atomic E-state index is 6.48. The van der Waals surface area contributed by atoms with Crippen LogP contribution < -0.4 is 5.73 Å². The molecule has 1 saturated carbocycles. The molecule has 3 rings (SSSR count). The molecule has 1 aromatic carbocycles. The average molecular weight is 294 g/mol. The number of halogens is 1. The van der Waals surface area contributed by atoms with Crippen molar-refractivity contribution in [3.8, 4) is 0 Å². The van der Waals surface area contributed by atoms with Gasteiger partial charge < -0.3 is 10.5 Å². The Labute approximate surface area is 126 Å². The molecule has 2 N–H and O–H groups in total. The molecule has 2 fully saturated rings. The Morgan fingerprint density at radius 2 is 2.15 bits per heavy atom. The number of rotatable bonds is 3. The highest BCUT2D eigenvalue weighted by molar-refractivity contribution is 6.30. The number of hydrogen-bond donors (Lipinski definition) is 1. The summed E-state index contributed by atoms with van der Waals surface area (Å²) in [6, 6.07) is 8.29. The normalized spacial score (nSPS) is 26.8. The van der Waals surface area contributed by atoms with Crippen molar-refractivity contribution in [3.63, 3.8) is 0 Å². The van der Waals surface area contributed by atoms with Crippen molar-refractivity contribution in [1.29, 1.82) is 0 Å². The zero-order chi connectivity index (χ0) is 14.0. The Morgan fingerprint density at radius 3 is 2.90 bits per heavy atom. The lowest BCUT2D eigenvalue weighted by atomic mass is 9.79. The van der Waals surface area contributed by atoms with Gasteiger partial charge in [0.1, 0.15) is 0 Å². The third-order valence-corrected chi connectivity index (χ3v) is 5.25. The van der Waals surface area contributed by atoms with Gasteiger partial charge in [0.15, 0.2) is 0 Å². The Morgan fingerprint density at radius 1 is 1.35 bits per heavy atom. The number of benzene rings is 1. The highest BCUT2D eigenvalue weighted by Gasteiger charge is 2.41. The maximum atomic E-state index is 6.48. The Balaban J connectivity index is 1.63. The molecule has 0 amide bonds. The Bertz CT molecular complexity index is 456. The van der Waals surface area contributed by atoms with Crippen molar-refractivity contribution in [2.45, 2.75) is 56.6 Å².